The molecule has 0 saturated carbocycles. The van der Waals surface area contributed by atoms with E-state index in [-0.39, 0.29) is 5.91 Å². The van der Waals surface area contributed by atoms with Crippen molar-refractivity contribution in [1.29, 1.82) is 0 Å². The standard InChI is InChI=1S/C16H20N4O2/c17-11-16(5-8-22-9-6-16)15(21)19-13-3-1-2-12(10-13)14-4-7-18-20-14/h1-4,7,10H,5-6,8-9,11,17H2,(H,18,20)(H,19,21). The van der Waals surface area contributed by atoms with Crippen LogP contribution >= 0.6 is 0 Å². The first-order valence-electron chi connectivity index (χ1n) is 7.43. The topological polar surface area (TPSA) is 93.0 Å². The molecule has 4 N–H and O–H groups in total. The minimum absolute atomic E-state index is 0.0277. The second-order valence-electron chi connectivity index (χ2n) is 5.60. The molecule has 1 aliphatic heterocycles. The van der Waals surface area contributed by atoms with Gasteiger partial charge in [0.1, 0.15) is 0 Å². The van der Waals surface area contributed by atoms with Gasteiger partial charge in [0, 0.05) is 37.2 Å². The molecule has 1 aromatic heterocycles. The Kier molecular flexibility index (Phi) is 4.22. The molecule has 2 heterocycles. The molecule has 1 fully saturated rings. The summed E-state index contributed by atoms with van der Waals surface area (Å²) >= 11 is 0. The summed E-state index contributed by atoms with van der Waals surface area (Å²) in [6.07, 6.45) is 3.02. The van der Waals surface area contributed by atoms with Gasteiger partial charge in [0.2, 0.25) is 5.91 Å². The Balaban J connectivity index is 1.78. The first-order valence-corrected chi connectivity index (χ1v) is 7.43. The lowest BCUT2D eigenvalue weighted by Gasteiger charge is -2.34. The molecular weight excluding hydrogens is 280 g/mol. The van der Waals surface area contributed by atoms with Gasteiger partial charge >= 0.3 is 0 Å². The number of benzene rings is 1. The van der Waals surface area contributed by atoms with E-state index in [1.807, 2.05) is 30.3 Å². The van der Waals surface area contributed by atoms with Crippen molar-refractivity contribution in [3.8, 4) is 11.3 Å². The summed E-state index contributed by atoms with van der Waals surface area (Å²) in [4.78, 5) is 12.7. The van der Waals surface area contributed by atoms with Crippen LogP contribution < -0.4 is 11.1 Å². The number of rotatable bonds is 4. The van der Waals surface area contributed by atoms with Crippen molar-refractivity contribution in [2.24, 2.45) is 11.1 Å². The van der Waals surface area contributed by atoms with Crippen molar-refractivity contribution in [3.05, 3.63) is 36.5 Å². The third-order valence-electron chi connectivity index (χ3n) is 4.25. The normalized spacial score (nSPS) is 17.1. The fraction of sp³-hybridized carbons (Fsp3) is 0.375. The lowest BCUT2D eigenvalue weighted by molar-refractivity contribution is -0.130. The fourth-order valence-corrected chi connectivity index (χ4v) is 2.73. The lowest BCUT2D eigenvalue weighted by Crippen LogP contribution is -2.46. The summed E-state index contributed by atoms with van der Waals surface area (Å²) in [6, 6.07) is 9.57. The van der Waals surface area contributed by atoms with Gasteiger partial charge in [-0.05, 0) is 31.0 Å². The second-order valence-corrected chi connectivity index (χ2v) is 5.60. The van der Waals surface area contributed by atoms with E-state index in [2.05, 4.69) is 15.5 Å². The monoisotopic (exact) mass is 300 g/mol. The summed E-state index contributed by atoms with van der Waals surface area (Å²) < 4.78 is 5.35. The summed E-state index contributed by atoms with van der Waals surface area (Å²) in [7, 11) is 0. The molecule has 0 atom stereocenters. The number of nitrogens with zero attached hydrogens (tertiary/aromatic N) is 1. The van der Waals surface area contributed by atoms with Gasteiger partial charge in [-0.1, -0.05) is 12.1 Å². The van der Waals surface area contributed by atoms with Gasteiger partial charge < -0.3 is 15.8 Å². The van der Waals surface area contributed by atoms with E-state index in [0.29, 0.717) is 32.6 Å². The molecule has 22 heavy (non-hydrogen) atoms. The van der Waals surface area contributed by atoms with Crippen LogP contribution in [0, 0.1) is 5.41 Å². The smallest absolute Gasteiger partial charge is 0.232 e. The van der Waals surface area contributed by atoms with E-state index in [4.69, 9.17) is 10.5 Å². The van der Waals surface area contributed by atoms with Crippen LogP contribution in [-0.4, -0.2) is 35.9 Å². The average molecular weight is 300 g/mol. The van der Waals surface area contributed by atoms with Gasteiger partial charge in [-0.25, -0.2) is 0 Å². The second kappa shape index (κ2) is 6.29. The fourth-order valence-electron chi connectivity index (χ4n) is 2.73. The average Bonchev–Trinajstić information content (AvgIpc) is 3.10. The van der Waals surface area contributed by atoms with Crippen molar-refractivity contribution in [2.75, 3.05) is 25.1 Å². The van der Waals surface area contributed by atoms with Crippen LogP contribution in [0.1, 0.15) is 12.8 Å². The maximum Gasteiger partial charge on any atom is 0.232 e. The molecule has 0 aliphatic carbocycles. The number of nitrogens with two attached hydrogens (primary N) is 1. The van der Waals surface area contributed by atoms with Crippen molar-refractivity contribution in [1.82, 2.24) is 10.2 Å². The molecule has 6 nitrogen and oxygen atoms in total. The number of anilines is 1. The van der Waals surface area contributed by atoms with Gasteiger partial charge in [0.15, 0.2) is 0 Å². The number of aromatic nitrogens is 2. The Morgan fingerprint density at radius 1 is 1.36 bits per heavy atom. The lowest BCUT2D eigenvalue weighted by atomic mass is 9.79. The molecule has 1 saturated heterocycles. The highest BCUT2D eigenvalue weighted by molar-refractivity contribution is 5.96. The van der Waals surface area contributed by atoms with Crippen molar-refractivity contribution < 1.29 is 9.53 Å². The van der Waals surface area contributed by atoms with Gasteiger partial charge in [0.05, 0.1) is 11.1 Å². The van der Waals surface area contributed by atoms with Crippen molar-refractivity contribution >= 4 is 11.6 Å². The predicted octanol–water partition coefficient (Wildman–Crippen LogP) is 1.77. The first-order chi connectivity index (χ1) is 10.7. The number of hydrogen-bond acceptors (Lipinski definition) is 4. The van der Waals surface area contributed by atoms with E-state index >= 15 is 0 Å². The zero-order valence-electron chi connectivity index (χ0n) is 12.3. The summed E-state index contributed by atoms with van der Waals surface area (Å²) in [5.41, 5.74) is 7.99. The molecule has 3 rings (SSSR count). The minimum Gasteiger partial charge on any atom is -0.381 e. The Morgan fingerprint density at radius 3 is 2.86 bits per heavy atom. The number of ether oxygens (including phenoxy) is 1. The molecule has 1 aromatic carbocycles. The number of carbonyl (C=O) groups excluding carboxylic acids is 1. The van der Waals surface area contributed by atoms with Crippen LogP contribution in [0.15, 0.2) is 36.5 Å². The van der Waals surface area contributed by atoms with Crippen molar-refractivity contribution in [2.45, 2.75) is 12.8 Å². The predicted molar refractivity (Wildman–Crippen MR) is 84.2 cm³/mol. The quantitative estimate of drug-likeness (QED) is 0.802. The molecule has 0 spiro atoms. The van der Waals surface area contributed by atoms with Gasteiger partial charge in [-0.3, -0.25) is 9.89 Å². The number of amides is 1. The van der Waals surface area contributed by atoms with Gasteiger partial charge in [-0.15, -0.1) is 0 Å². The van der Waals surface area contributed by atoms with Crippen LogP contribution in [0.25, 0.3) is 11.3 Å². The van der Waals surface area contributed by atoms with E-state index in [9.17, 15) is 4.79 Å². The maximum absolute atomic E-state index is 12.7. The van der Waals surface area contributed by atoms with E-state index < -0.39 is 5.41 Å². The van der Waals surface area contributed by atoms with Crippen LogP contribution in [-0.2, 0) is 9.53 Å². The maximum atomic E-state index is 12.7. The van der Waals surface area contributed by atoms with Crippen LogP contribution in [0.4, 0.5) is 5.69 Å². The molecule has 116 valence electrons. The molecular formula is C16H20N4O2. The van der Waals surface area contributed by atoms with E-state index in [1.165, 1.54) is 0 Å². The highest BCUT2D eigenvalue weighted by Crippen LogP contribution is 2.31. The molecule has 0 radical (unpaired) electrons. The van der Waals surface area contributed by atoms with Gasteiger partial charge in [-0.2, -0.15) is 5.10 Å². The molecule has 1 amide bonds. The van der Waals surface area contributed by atoms with Gasteiger partial charge in [0.25, 0.3) is 0 Å². The minimum atomic E-state index is -0.526. The zero-order valence-corrected chi connectivity index (χ0v) is 12.3. The molecule has 1 aliphatic rings. The largest absolute Gasteiger partial charge is 0.381 e. The summed E-state index contributed by atoms with van der Waals surface area (Å²) in [5, 5.41) is 9.86. The Morgan fingerprint density at radius 2 is 2.18 bits per heavy atom. The highest BCUT2D eigenvalue weighted by atomic mass is 16.5. The number of hydrogen-bond donors (Lipinski definition) is 3. The zero-order chi connectivity index (χ0) is 15.4. The molecule has 0 unspecified atom stereocenters. The summed E-state index contributed by atoms with van der Waals surface area (Å²) in [6.45, 7) is 1.50. The first kappa shape index (κ1) is 14.7. The Hall–Kier alpha value is -2.18. The third kappa shape index (κ3) is 2.88. The Labute approximate surface area is 129 Å². The Bertz CT molecular complexity index is 633. The van der Waals surface area contributed by atoms with Crippen LogP contribution in [0.2, 0.25) is 0 Å². The third-order valence-corrected chi connectivity index (χ3v) is 4.25. The van der Waals surface area contributed by atoms with E-state index in [1.54, 1.807) is 6.20 Å². The van der Waals surface area contributed by atoms with Crippen LogP contribution in [0.3, 0.4) is 0 Å². The number of aromatic amines is 1. The summed E-state index contributed by atoms with van der Waals surface area (Å²) in [5.74, 6) is -0.0277. The molecule has 2 aromatic rings. The number of nitrogens with one attached hydrogen (secondary N) is 2. The number of H-pyrrole nitrogens is 1. The van der Waals surface area contributed by atoms with Crippen LogP contribution in [0.5, 0.6) is 0 Å². The highest BCUT2D eigenvalue weighted by Gasteiger charge is 2.38. The molecule has 0 bridgehead atoms. The molecule has 6 heteroatoms. The van der Waals surface area contributed by atoms with Crippen molar-refractivity contribution in [3.63, 3.8) is 0 Å². The van der Waals surface area contributed by atoms with E-state index in [0.717, 1.165) is 16.9 Å². The number of carbonyl (C=O) groups is 1. The SMILES string of the molecule is NCC1(C(=O)Nc2cccc(-c3ccn[nH]3)c2)CCOCC1.